The third-order valence-electron chi connectivity index (χ3n) is 4.29. The summed E-state index contributed by atoms with van der Waals surface area (Å²) in [7, 11) is 0. The summed E-state index contributed by atoms with van der Waals surface area (Å²) in [5.74, 6) is -1.84. The minimum absolute atomic E-state index is 0.00497. The highest BCUT2D eigenvalue weighted by atomic mass is 35.5. The second-order valence-corrected chi connectivity index (χ2v) is 8.29. The largest absolute Gasteiger partial charge is 0.453 e. The first-order valence-electron chi connectivity index (χ1n) is 9.32. The molecule has 0 aliphatic carbocycles. The van der Waals surface area contributed by atoms with Gasteiger partial charge in [0.05, 0.1) is 16.3 Å². The van der Waals surface area contributed by atoms with Crippen LogP contribution in [0.4, 0.5) is 23.7 Å². The predicted octanol–water partition coefficient (Wildman–Crippen LogP) is 5.60. The molecule has 166 valence electrons. The molecule has 2 N–H and O–H groups in total. The van der Waals surface area contributed by atoms with Gasteiger partial charge in [0.15, 0.2) is 5.75 Å². The first-order chi connectivity index (χ1) is 14.4. The Bertz CT molecular complexity index is 1020. The molecule has 0 radical (unpaired) electrons. The number of ether oxygens (including phenoxy) is 2. The molecule has 0 fully saturated rings. The van der Waals surface area contributed by atoms with Gasteiger partial charge >= 0.3 is 6.09 Å². The summed E-state index contributed by atoms with van der Waals surface area (Å²) in [5, 5.41) is 4.95. The van der Waals surface area contributed by atoms with Crippen molar-refractivity contribution in [3.05, 3.63) is 52.3 Å². The second kappa shape index (κ2) is 8.66. The van der Waals surface area contributed by atoms with E-state index in [1.165, 1.54) is 12.1 Å². The van der Waals surface area contributed by atoms with E-state index in [1.807, 2.05) is 0 Å². The molecule has 1 aliphatic rings. The summed E-state index contributed by atoms with van der Waals surface area (Å²) in [4.78, 5) is 24.6. The highest BCUT2D eigenvalue weighted by Crippen LogP contribution is 2.43. The lowest BCUT2D eigenvalue weighted by Crippen LogP contribution is -2.49. The minimum Gasteiger partial charge on any atom is -0.453 e. The first-order valence-corrected chi connectivity index (χ1v) is 9.69. The zero-order valence-corrected chi connectivity index (χ0v) is 17.6. The molecular formula is C21H20ClF3N2O4. The van der Waals surface area contributed by atoms with Crippen molar-refractivity contribution in [2.45, 2.75) is 45.3 Å². The van der Waals surface area contributed by atoms with Crippen LogP contribution in [-0.4, -0.2) is 23.6 Å². The molecule has 10 heteroatoms. The zero-order chi connectivity index (χ0) is 22.9. The van der Waals surface area contributed by atoms with E-state index in [2.05, 4.69) is 10.6 Å². The van der Waals surface area contributed by atoms with Gasteiger partial charge in [-0.2, -0.15) is 0 Å². The van der Waals surface area contributed by atoms with Gasteiger partial charge in [-0.25, -0.2) is 18.0 Å². The van der Waals surface area contributed by atoms with Crippen molar-refractivity contribution in [1.82, 2.24) is 5.32 Å². The van der Waals surface area contributed by atoms with Crippen LogP contribution in [0, 0.1) is 5.82 Å². The van der Waals surface area contributed by atoms with E-state index in [9.17, 15) is 22.8 Å². The Balaban J connectivity index is 1.94. The number of anilines is 1. The van der Waals surface area contributed by atoms with Crippen LogP contribution in [0.25, 0.3) is 0 Å². The number of alkyl carbamates (subject to hydrolysis) is 1. The van der Waals surface area contributed by atoms with Crippen LogP contribution in [-0.2, 0) is 16.0 Å². The van der Waals surface area contributed by atoms with Gasteiger partial charge < -0.3 is 20.1 Å². The molecule has 2 aromatic rings. The number of halogens is 4. The van der Waals surface area contributed by atoms with Crippen LogP contribution >= 0.6 is 11.6 Å². The second-order valence-electron chi connectivity index (χ2n) is 7.89. The van der Waals surface area contributed by atoms with Crippen LogP contribution in [0.5, 0.6) is 11.5 Å². The molecular weight excluding hydrogens is 437 g/mol. The van der Waals surface area contributed by atoms with Gasteiger partial charge in [0.2, 0.25) is 5.91 Å². The normalized spacial score (nSPS) is 15.9. The Morgan fingerprint density at radius 2 is 1.97 bits per heavy atom. The average molecular weight is 457 g/mol. The summed E-state index contributed by atoms with van der Waals surface area (Å²) in [5.41, 5.74) is -0.819. The third kappa shape index (κ3) is 5.41. The lowest BCUT2D eigenvalue weighted by atomic mass is 9.96. The molecule has 31 heavy (non-hydrogen) atoms. The molecule has 6 nitrogen and oxygen atoms in total. The van der Waals surface area contributed by atoms with Gasteiger partial charge in [-0.3, -0.25) is 4.79 Å². The fraction of sp³-hybridized carbons (Fsp3) is 0.333. The number of amides is 2. The number of rotatable bonds is 4. The molecule has 2 amide bonds. The van der Waals surface area contributed by atoms with E-state index >= 15 is 0 Å². The fourth-order valence-electron chi connectivity index (χ4n) is 2.98. The predicted molar refractivity (Wildman–Crippen MR) is 108 cm³/mol. The number of carbonyl (C=O) groups is 2. The Labute approximate surface area is 181 Å². The molecule has 1 atom stereocenters. The molecule has 2 aromatic carbocycles. The standard InChI is InChI=1S/C21H20ClF3N2O4/c1-21(2,3)31-20(29)26-14-8-10-4-6-12(18(24)25)17(16(10)27-19(14)28)30-15-9-11(23)5-7-13(15)22/h4-7,9,14,18H,8H2,1-3H3,(H,26,29)(H,27,28)/t14-/m1/s1. The maximum atomic E-state index is 13.6. The summed E-state index contributed by atoms with van der Waals surface area (Å²) in [6, 6.07) is 4.84. The van der Waals surface area contributed by atoms with Crippen molar-refractivity contribution < 1.29 is 32.2 Å². The van der Waals surface area contributed by atoms with Crippen molar-refractivity contribution in [2.75, 3.05) is 5.32 Å². The number of fused-ring (bicyclic) bond motifs is 1. The summed E-state index contributed by atoms with van der Waals surface area (Å²) in [6.45, 7) is 5.03. The third-order valence-corrected chi connectivity index (χ3v) is 4.61. The maximum Gasteiger partial charge on any atom is 0.408 e. The van der Waals surface area contributed by atoms with Crippen molar-refractivity contribution in [3.63, 3.8) is 0 Å². The van der Waals surface area contributed by atoms with Gasteiger partial charge in [0.25, 0.3) is 6.43 Å². The van der Waals surface area contributed by atoms with E-state index in [0.717, 1.165) is 18.2 Å². The molecule has 1 heterocycles. The van der Waals surface area contributed by atoms with E-state index < -0.39 is 41.4 Å². The summed E-state index contributed by atoms with van der Waals surface area (Å²) < 4.78 is 51.5. The van der Waals surface area contributed by atoms with Gasteiger partial charge in [-0.05, 0) is 44.5 Å². The van der Waals surface area contributed by atoms with Crippen molar-refractivity contribution in [1.29, 1.82) is 0 Å². The SMILES string of the molecule is CC(C)(C)OC(=O)N[C@@H]1Cc2ccc(C(F)F)c(Oc3cc(F)ccc3Cl)c2NC1=O. The van der Waals surface area contributed by atoms with Crippen LogP contribution in [0.2, 0.25) is 5.02 Å². The Kier molecular flexibility index (Phi) is 6.35. The summed E-state index contributed by atoms with van der Waals surface area (Å²) >= 11 is 6.00. The quantitative estimate of drug-likeness (QED) is 0.628. The topological polar surface area (TPSA) is 76.7 Å². The monoisotopic (exact) mass is 456 g/mol. The molecule has 0 saturated carbocycles. The van der Waals surface area contributed by atoms with Gasteiger partial charge in [0.1, 0.15) is 23.2 Å². The van der Waals surface area contributed by atoms with Gasteiger partial charge in [-0.1, -0.05) is 17.7 Å². The number of hydrogen-bond donors (Lipinski definition) is 2. The molecule has 0 bridgehead atoms. The molecule has 3 rings (SSSR count). The van der Waals surface area contributed by atoms with Crippen molar-refractivity contribution >= 4 is 29.3 Å². The van der Waals surface area contributed by atoms with E-state index in [4.69, 9.17) is 21.1 Å². The number of hydrogen-bond acceptors (Lipinski definition) is 4. The highest BCUT2D eigenvalue weighted by Gasteiger charge is 2.33. The number of benzene rings is 2. The average Bonchev–Trinajstić information content (AvgIpc) is 2.64. The maximum absolute atomic E-state index is 13.6. The molecule has 0 unspecified atom stereocenters. The lowest BCUT2D eigenvalue weighted by molar-refractivity contribution is -0.118. The van der Waals surface area contributed by atoms with Gasteiger partial charge in [-0.15, -0.1) is 0 Å². The number of nitrogens with one attached hydrogen (secondary N) is 2. The molecule has 0 spiro atoms. The Hall–Kier alpha value is -2.94. The zero-order valence-electron chi connectivity index (χ0n) is 16.9. The Morgan fingerprint density at radius 3 is 2.61 bits per heavy atom. The molecule has 1 aliphatic heterocycles. The number of carbonyl (C=O) groups excluding carboxylic acids is 2. The van der Waals surface area contributed by atoms with E-state index in [-0.39, 0.29) is 28.6 Å². The number of alkyl halides is 2. The summed E-state index contributed by atoms with van der Waals surface area (Å²) in [6.07, 6.45) is -3.71. The van der Waals surface area contributed by atoms with Gasteiger partial charge in [0, 0.05) is 12.5 Å². The highest BCUT2D eigenvalue weighted by molar-refractivity contribution is 6.32. The minimum atomic E-state index is -2.93. The van der Waals surface area contributed by atoms with E-state index in [1.54, 1.807) is 20.8 Å². The smallest absolute Gasteiger partial charge is 0.408 e. The molecule has 0 aromatic heterocycles. The van der Waals surface area contributed by atoms with Crippen LogP contribution in [0.15, 0.2) is 30.3 Å². The Morgan fingerprint density at radius 1 is 1.26 bits per heavy atom. The molecule has 0 saturated heterocycles. The fourth-order valence-corrected chi connectivity index (χ4v) is 3.14. The van der Waals surface area contributed by atoms with Crippen LogP contribution in [0.3, 0.4) is 0 Å². The lowest BCUT2D eigenvalue weighted by Gasteiger charge is -2.29. The van der Waals surface area contributed by atoms with Crippen molar-refractivity contribution in [3.8, 4) is 11.5 Å². The van der Waals surface area contributed by atoms with Crippen molar-refractivity contribution in [2.24, 2.45) is 0 Å². The first kappa shape index (κ1) is 22.7. The van der Waals surface area contributed by atoms with E-state index in [0.29, 0.717) is 5.56 Å². The van der Waals surface area contributed by atoms with Crippen LogP contribution < -0.4 is 15.4 Å². The van der Waals surface area contributed by atoms with Crippen LogP contribution in [0.1, 0.15) is 38.3 Å².